The topological polar surface area (TPSA) is 15.6 Å². The summed E-state index contributed by atoms with van der Waals surface area (Å²) < 4.78 is 0. The van der Waals surface area contributed by atoms with E-state index in [0.29, 0.717) is 0 Å². The normalized spacial score (nSPS) is 16.0. The van der Waals surface area contributed by atoms with Crippen LogP contribution in [0.15, 0.2) is 53.5 Å². The quantitative estimate of drug-likeness (QED) is 0.612. The Balaban J connectivity index is 1.93. The number of benzene rings is 2. The molecule has 0 saturated heterocycles. The molecule has 0 bridgehead atoms. The molecular formula is C23H28N2. The van der Waals surface area contributed by atoms with Crippen molar-refractivity contribution < 1.29 is 0 Å². The maximum Gasteiger partial charge on any atom is 0.0630 e. The van der Waals surface area contributed by atoms with Gasteiger partial charge in [-0.2, -0.15) is 0 Å². The van der Waals surface area contributed by atoms with Gasteiger partial charge in [0.15, 0.2) is 0 Å². The summed E-state index contributed by atoms with van der Waals surface area (Å²) in [5, 5.41) is 0. The second-order valence-corrected chi connectivity index (χ2v) is 7.50. The minimum absolute atomic E-state index is 0.0601. The van der Waals surface area contributed by atoms with Crippen LogP contribution in [0.2, 0.25) is 0 Å². The Kier molecular flexibility index (Phi) is 4.80. The van der Waals surface area contributed by atoms with Gasteiger partial charge in [-0.1, -0.05) is 36.8 Å². The smallest absolute Gasteiger partial charge is 0.0630 e. The van der Waals surface area contributed by atoms with Crippen molar-refractivity contribution in [1.82, 2.24) is 0 Å². The van der Waals surface area contributed by atoms with Crippen molar-refractivity contribution in [3.05, 3.63) is 65.2 Å². The van der Waals surface area contributed by atoms with E-state index < -0.39 is 0 Å². The molecule has 0 aromatic heterocycles. The van der Waals surface area contributed by atoms with E-state index in [1.54, 1.807) is 0 Å². The summed E-state index contributed by atoms with van der Waals surface area (Å²) in [4.78, 5) is 7.13. The van der Waals surface area contributed by atoms with Crippen molar-refractivity contribution in [1.29, 1.82) is 0 Å². The summed E-state index contributed by atoms with van der Waals surface area (Å²) in [5.74, 6) is 0. The highest BCUT2D eigenvalue weighted by molar-refractivity contribution is 5.88. The average molecular weight is 332 g/mol. The molecule has 0 fully saturated rings. The van der Waals surface area contributed by atoms with Gasteiger partial charge >= 0.3 is 0 Å². The van der Waals surface area contributed by atoms with Gasteiger partial charge in [-0.05, 0) is 69.5 Å². The van der Waals surface area contributed by atoms with Crippen LogP contribution in [0.5, 0.6) is 0 Å². The predicted molar refractivity (Wildman–Crippen MR) is 110 cm³/mol. The molecule has 130 valence electrons. The van der Waals surface area contributed by atoms with Crippen molar-refractivity contribution in [2.24, 2.45) is 4.99 Å². The molecule has 2 aromatic carbocycles. The molecule has 2 heteroatoms. The SMILES string of the molecule is CCCN1c2ccc(C=Nc3ccc(C)cc3)cc2C(C)=CC1(C)C. The fraction of sp³-hybridized carbons (Fsp3) is 0.348. The first-order chi connectivity index (χ1) is 11.9. The zero-order valence-electron chi connectivity index (χ0n) is 16.0. The summed E-state index contributed by atoms with van der Waals surface area (Å²) >= 11 is 0. The molecule has 25 heavy (non-hydrogen) atoms. The van der Waals surface area contributed by atoms with Gasteiger partial charge < -0.3 is 4.90 Å². The number of hydrogen-bond acceptors (Lipinski definition) is 2. The molecule has 0 aliphatic carbocycles. The van der Waals surface area contributed by atoms with Crippen LogP contribution in [0.4, 0.5) is 11.4 Å². The minimum atomic E-state index is 0.0601. The highest BCUT2D eigenvalue weighted by Crippen LogP contribution is 2.39. The van der Waals surface area contributed by atoms with Crippen LogP contribution in [0.25, 0.3) is 5.57 Å². The van der Waals surface area contributed by atoms with E-state index in [9.17, 15) is 0 Å². The fourth-order valence-corrected chi connectivity index (χ4v) is 3.59. The first-order valence-corrected chi connectivity index (χ1v) is 9.13. The maximum atomic E-state index is 4.62. The van der Waals surface area contributed by atoms with Gasteiger partial charge in [0.05, 0.1) is 11.2 Å². The van der Waals surface area contributed by atoms with Crippen LogP contribution in [0.1, 0.15) is 50.8 Å². The molecule has 2 aromatic rings. The molecule has 1 aliphatic rings. The Bertz CT molecular complexity index is 810. The molecule has 0 N–H and O–H groups in total. The molecule has 0 atom stereocenters. The van der Waals surface area contributed by atoms with E-state index >= 15 is 0 Å². The van der Waals surface area contributed by atoms with E-state index in [4.69, 9.17) is 0 Å². The lowest BCUT2D eigenvalue weighted by Gasteiger charge is -2.43. The lowest BCUT2D eigenvalue weighted by Crippen LogP contribution is -2.45. The zero-order valence-corrected chi connectivity index (χ0v) is 16.0. The van der Waals surface area contributed by atoms with Crippen LogP contribution in [0.3, 0.4) is 0 Å². The molecule has 1 aliphatic heterocycles. The van der Waals surface area contributed by atoms with Crippen LogP contribution >= 0.6 is 0 Å². The Morgan fingerprint density at radius 3 is 2.44 bits per heavy atom. The molecule has 0 saturated carbocycles. The van der Waals surface area contributed by atoms with Gasteiger partial charge in [0.2, 0.25) is 0 Å². The molecule has 0 spiro atoms. The van der Waals surface area contributed by atoms with E-state index in [0.717, 1.165) is 24.2 Å². The Hall–Kier alpha value is -2.35. The maximum absolute atomic E-state index is 4.62. The molecule has 0 unspecified atom stereocenters. The number of rotatable bonds is 4. The molecular weight excluding hydrogens is 304 g/mol. The standard InChI is InChI=1S/C23H28N2/c1-6-13-25-22-12-9-19(14-21(22)18(3)15-23(25,4)5)16-24-20-10-7-17(2)8-11-20/h7-12,14-16H,6,13H2,1-5H3. The van der Waals surface area contributed by atoms with Crippen LogP contribution in [-0.4, -0.2) is 18.3 Å². The van der Waals surface area contributed by atoms with E-state index in [2.05, 4.69) is 93.1 Å². The Morgan fingerprint density at radius 1 is 1.04 bits per heavy atom. The summed E-state index contributed by atoms with van der Waals surface area (Å²) in [6.07, 6.45) is 5.49. The van der Waals surface area contributed by atoms with Crippen LogP contribution in [0, 0.1) is 6.92 Å². The molecule has 2 nitrogen and oxygen atoms in total. The summed E-state index contributed by atoms with van der Waals surface area (Å²) in [6, 6.07) is 15.0. The van der Waals surface area contributed by atoms with Crippen molar-refractivity contribution in [2.45, 2.75) is 46.6 Å². The van der Waals surface area contributed by atoms with Gasteiger partial charge in [0.25, 0.3) is 0 Å². The summed E-state index contributed by atoms with van der Waals surface area (Å²) in [5.41, 5.74) is 7.45. The van der Waals surface area contributed by atoms with Gasteiger partial charge in [0, 0.05) is 24.0 Å². The monoisotopic (exact) mass is 332 g/mol. The van der Waals surface area contributed by atoms with E-state index in [-0.39, 0.29) is 5.54 Å². The summed E-state index contributed by atoms with van der Waals surface area (Å²) in [7, 11) is 0. The number of fused-ring (bicyclic) bond motifs is 1. The molecule has 0 amide bonds. The second-order valence-electron chi connectivity index (χ2n) is 7.50. The molecule has 1 heterocycles. The lowest BCUT2D eigenvalue weighted by molar-refractivity contribution is 0.550. The van der Waals surface area contributed by atoms with E-state index in [1.165, 1.54) is 22.4 Å². The van der Waals surface area contributed by atoms with Crippen molar-refractivity contribution in [3.63, 3.8) is 0 Å². The van der Waals surface area contributed by atoms with Crippen LogP contribution in [-0.2, 0) is 0 Å². The van der Waals surface area contributed by atoms with Crippen molar-refractivity contribution in [2.75, 3.05) is 11.4 Å². The van der Waals surface area contributed by atoms with Gasteiger partial charge in [-0.25, -0.2) is 0 Å². The minimum Gasteiger partial charge on any atom is -0.362 e. The van der Waals surface area contributed by atoms with Gasteiger partial charge in [0.1, 0.15) is 0 Å². The Labute approximate surface area is 151 Å². The Morgan fingerprint density at radius 2 is 1.76 bits per heavy atom. The van der Waals surface area contributed by atoms with Crippen LogP contribution < -0.4 is 4.90 Å². The third-order valence-corrected chi connectivity index (χ3v) is 4.85. The number of aliphatic imine (C=N–C) groups is 1. The number of anilines is 1. The number of nitrogens with zero attached hydrogens (tertiary/aromatic N) is 2. The van der Waals surface area contributed by atoms with E-state index in [1.807, 2.05) is 6.21 Å². The van der Waals surface area contributed by atoms with Crippen molar-refractivity contribution in [3.8, 4) is 0 Å². The summed E-state index contributed by atoms with van der Waals surface area (Å²) in [6.45, 7) is 12.2. The second kappa shape index (κ2) is 6.87. The third kappa shape index (κ3) is 3.68. The first kappa shape index (κ1) is 17.5. The van der Waals surface area contributed by atoms with Crippen molar-refractivity contribution >= 4 is 23.2 Å². The largest absolute Gasteiger partial charge is 0.362 e. The highest BCUT2D eigenvalue weighted by atomic mass is 15.2. The molecule has 0 radical (unpaired) electrons. The van der Waals surface area contributed by atoms with Gasteiger partial charge in [-0.3, -0.25) is 4.99 Å². The fourth-order valence-electron chi connectivity index (χ4n) is 3.59. The van der Waals surface area contributed by atoms with Gasteiger partial charge in [-0.15, -0.1) is 0 Å². The third-order valence-electron chi connectivity index (χ3n) is 4.85. The first-order valence-electron chi connectivity index (χ1n) is 9.13. The predicted octanol–water partition coefficient (Wildman–Crippen LogP) is 6.16. The number of aryl methyl sites for hydroxylation is 1. The zero-order chi connectivity index (χ0) is 18.0. The lowest BCUT2D eigenvalue weighted by atomic mass is 9.88. The highest BCUT2D eigenvalue weighted by Gasteiger charge is 2.30. The average Bonchev–Trinajstić information content (AvgIpc) is 2.58. The number of allylic oxidation sites excluding steroid dienone is 1. The number of hydrogen-bond donors (Lipinski definition) is 0. The molecule has 3 rings (SSSR count).